The van der Waals surface area contributed by atoms with Gasteiger partial charge in [-0.3, -0.25) is 0 Å². The number of ether oxygens (including phenoxy) is 2. The van der Waals surface area contributed by atoms with Gasteiger partial charge in [-0.2, -0.15) is 0 Å². The molecule has 0 bridgehead atoms. The maximum absolute atomic E-state index is 6.09. The fourth-order valence-electron chi connectivity index (χ4n) is 3.65. The van der Waals surface area contributed by atoms with Crippen LogP contribution in [0.5, 0.6) is 11.5 Å². The summed E-state index contributed by atoms with van der Waals surface area (Å²) in [4.78, 5) is 0. The molecule has 3 rings (SSSR count). The van der Waals surface area contributed by atoms with Crippen LogP contribution in [0.1, 0.15) is 50.7 Å². The number of nitrogens with one attached hydrogen (secondary N) is 1. The Balaban J connectivity index is 1.40. The van der Waals surface area contributed by atoms with Crippen molar-refractivity contribution in [2.75, 3.05) is 13.2 Å². The molecule has 0 saturated heterocycles. The molecule has 146 valence electrons. The Morgan fingerprint density at radius 1 is 1.04 bits per heavy atom. The predicted octanol–water partition coefficient (Wildman–Crippen LogP) is 5.38. The van der Waals surface area contributed by atoms with E-state index in [1.54, 1.807) is 0 Å². The van der Waals surface area contributed by atoms with Gasteiger partial charge in [0.2, 0.25) is 0 Å². The normalized spacial score (nSPS) is 14.6. The highest BCUT2D eigenvalue weighted by Gasteiger charge is 2.16. The minimum Gasteiger partial charge on any atom is -0.492 e. The van der Waals surface area contributed by atoms with Crippen LogP contribution in [0.25, 0.3) is 0 Å². The van der Waals surface area contributed by atoms with E-state index in [1.165, 1.54) is 36.8 Å². The summed E-state index contributed by atoms with van der Waals surface area (Å²) in [5, 5.41) is 3.47. The van der Waals surface area contributed by atoms with Gasteiger partial charge in [0, 0.05) is 13.1 Å². The van der Waals surface area contributed by atoms with Crippen LogP contribution in [-0.2, 0) is 13.0 Å². The van der Waals surface area contributed by atoms with Crippen molar-refractivity contribution in [2.45, 2.75) is 58.6 Å². The lowest BCUT2D eigenvalue weighted by Gasteiger charge is -2.15. The number of hydrogen-bond donors (Lipinski definition) is 1. The zero-order valence-corrected chi connectivity index (χ0v) is 16.7. The molecule has 0 aromatic heterocycles. The molecular weight excluding hydrogens is 334 g/mol. The first-order chi connectivity index (χ1) is 13.2. The minimum atomic E-state index is 0.410. The molecule has 0 radical (unpaired) electrons. The lowest BCUT2D eigenvalue weighted by molar-refractivity contribution is 0.210. The third kappa shape index (κ3) is 6.59. The highest BCUT2D eigenvalue weighted by molar-refractivity contribution is 5.33. The minimum absolute atomic E-state index is 0.410. The van der Waals surface area contributed by atoms with Gasteiger partial charge >= 0.3 is 0 Å². The van der Waals surface area contributed by atoms with E-state index in [9.17, 15) is 0 Å². The second kappa shape index (κ2) is 10.4. The van der Waals surface area contributed by atoms with Crippen LogP contribution in [0.2, 0.25) is 0 Å². The summed E-state index contributed by atoms with van der Waals surface area (Å²) in [6.45, 7) is 6.81. The Morgan fingerprint density at radius 2 is 1.85 bits per heavy atom. The van der Waals surface area contributed by atoms with Gasteiger partial charge in [-0.15, -0.1) is 0 Å². The van der Waals surface area contributed by atoms with Gasteiger partial charge in [-0.05, 0) is 67.3 Å². The Morgan fingerprint density at radius 3 is 2.67 bits per heavy atom. The number of para-hydroxylation sites is 1. The average molecular weight is 368 g/mol. The molecule has 3 heteroatoms. The van der Waals surface area contributed by atoms with E-state index in [4.69, 9.17) is 9.47 Å². The Labute approximate surface area is 164 Å². The molecule has 0 unspecified atom stereocenters. The van der Waals surface area contributed by atoms with E-state index in [2.05, 4.69) is 61.6 Å². The average Bonchev–Trinajstić information content (AvgIpc) is 3.16. The van der Waals surface area contributed by atoms with Crippen LogP contribution >= 0.6 is 0 Å². The van der Waals surface area contributed by atoms with Crippen molar-refractivity contribution < 1.29 is 9.47 Å². The van der Waals surface area contributed by atoms with Crippen LogP contribution in [0.3, 0.4) is 0 Å². The lowest BCUT2D eigenvalue weighted by Crippen LogP contribution is -2.21. The van der Waals surface area contributed by atoms with E-state index in [0.717, 1.165) is 31.0 Å². The van der Waals surface area contributed by atoms with Gasteiger partial charge in [0.25, 0.3) is 0 Å². The van der Waals surface area contributed by atoms with E-state index in [0.29, 0.717) is 18.6 Å². The van der Waals surface area contributed by atoms with Gasteiger partial charge in [-0.25, -0.2) is 0 Å². The molecule has 0 spiro atoms. The van der Waals surface area contributed by atoms with Gasteiger partial charge in [0.1, 0.15) is 18.1 Å². The van der Waals surface area contributed by atoms with Crippen LogP contribution in [0.4, 0.5) is 0 Å². The summed E-state index contributed by atoms with van der Waals surface area (Å²) in [5.74, 6) is 2.65. The van der Waals surface area contributed by atoms with Gasteiger partial charge in [0.05, 0.1) is 6.10 Å². The SMILES string of the molecule is CC(C)Cc1ccccc1OCCNCc1cccc(OC2CCCC2)c1. The van der Waals surface area contributed by atoms with Crippen LogP contribution in [0.15, 0.2) is 48.5 Å². The molecule has 1 aliphatic carbocycles. The fourth-order valence-corrected chi connectivity index (χ4v) is 3.65. The number of rotatable bonds is 10. The van der Waals surface area contributed by atoms with Gasteiger partial charge < -0.3 is 14.8 Å². The summed E-state index contributed by atoms with van der Waals surface area (Å²) in [6.07, 6.45) is 6.44. The van der Waals surface area contributed by atoms with Crippen molar-refractivity contribution in [1.29, 1.82) is 0 Å². The summed E-state index contributed by atoms with van der Waals surface area (Å²) in [7, 11) is 0. The first-order valence-corrected chi connectivity index (χ1v) is 10.4. The van der Waals surface area contributed by atoms with Crippen molar-refractivity contribution in [3.05, 3.63) is 59.7 Å². The predicted molar refractivity (Wildman–Crippen MR) is 112 cm³/mol. The van der Waals surface area contributed by atoms with E-state index < -0.39 is 0 Å². The fraction of sp³-hybridized carbons (Fsp3) is 0.500. The molecule has 2 aromatic carbocycles. The van der Waals surface area contributed by atoms with Gasteiger partial charge in [0.15, 0.2) is 0 Å². The number of benzene rings is 2. The molecule has 1 N–H and O–H groups in total. The molecule has 1 saturated carbocycles. The molecule has 0 aliphatic heterocycles. The van der Waals surface area contributed by atoms with E-state index in [1.807, 2.05) is 6.07 Å². The third-order valence-electron chi connectivity index (χ3n) is 4.97. The third-order valence-corrected chi connectivity index (χ3v) is 4.97. The first-order valence-electron chi connectivity index (χ1n) is 10.4. The summed E-state index contributed by atoms with van der Waals surface area (Å²) >= 11 is 0. The van der Waals surface area contributed by atoms with Crippen molar-refractivity contribution in [1.82, 2.24) is 5.32 Å². The summed E-state index contributed by atoms with van der Waals surface area (Å²) in [6, 6.07) is 16.8. The van der Waals surface area contributed by atoms with E-state index >= 15 is 0 Å². The van der Waals surface area contributed by atoms with E-state index in [-0.39, 0.29) is 0 Å². The Hall–Kier alpha value is -2.00. The second-order valence-corrected chi connectivity index (χ2v) is 7.90. The van der Waals surface area contributed by atoms with Crippen molar-refractivity contribution in [3.8, 4) is 11.5 Å². The molecule has 0 heterocycles. The largest absolute Gasteiger partial charge is 0.492 e. The highest BCUT2D eigenvalue weighted by Crippen LogP contribution is 2.24. The van der Waals surface area contributed by atoms with Crippen molar-refractivity contribution in [3.63, 3.8) is 0 Å². The molecule has 1 fully saturated rings. The van der Waals surface area contributed by atoms with Crippen molar-refractivity contribution in [2.24, 2.45) is 5.92 Å². The monoisotopic (exact) mass is 367 g/mol. The first kappa shape index (κ1) is 19.8. The molecule has 0 atom stereocenters. The molecule has 3 nitrogen and oxygen atoms in total. The molecular formula is C24H33NO2. The molecule has 1 aliphatic rings. The molecule has 0 amide bonds. The summed E-state index contributed by atoms with van der Waals surface area (Å²) < 4.78 is 12.1. The van der Waals surface area contributed by atoms with Crippen LogP contribution < -0.4 is 14.8 Å². The number of hydrogen-bond acceptors (Lipinski definition) is 3. The van der Waals surface area contributed by atoms with Crippen LogP contribution in [0, 0.1) is 5.92 Å². The Bertz CT molecular complexity index is 692. The maximum atomic E-state index is 6.09. The quantitative estimate of drug-likeness (QED) is 0.572. The smallest absolute Gasteiger partial charge is 0.122 e. The second-order valence-electron chi connectivity index (χ2n) is 7.90. The Kier molecular flexibility index (Phi) is 7.58. The zero-order valence-electron chi connectivity index (χ0n) is 16.7. The van der Waals surface area contributed by atoms with Crippen LogP contribution in [-0.4, -0.2) is 19.3 Å². The lowest BCUT2D eigenvalue weighted by atomic mass is 10.0. The highest BCUT2D eigenvalue weighted by atomic mass is 16.5. The topological polar surface area (TPSA) is 30.5 Å². The maximum Gasteiger partial charge on any atom is 0.122 e. The standard InChI is InChI=1S/C24H33NO2/c1-19(2)16-21-9-3-6-13-24(21)26-15-14-25-18-20-8-7-12-23(17-20)27-22-10-4-5-11-22/h3,6-9,12-13,17,19,22,25H,4-5,10-11,14-16,18H2,1-2H3. The van der Waals surface area contributed by atoms with Crippen molar-refractivity contribution >= 4 is 0 Å². The van der Waals surface area contributed by atoms with Gasteiger partial charge in [-0.1, -0.05) is 44.2 Å². The zero-order chi connectivity index (χ0) is 18.9. The molecule has 2 aromatic rings. The molecule has 27 heavy (non-hydrogen) atoms. The summed E-state index contributed by atoms with van der Waals surface area (Å²) in [5.41, 5.74) is 2.55.